The normalized spacial score (nSPS) is 15.3. The van der Waals surface area contributed by atoms with Crippen molar-refractivity contribution in [3.8, 4) is 11.5 Å². The predicted octanol–water partition coefficient (Wildman–Crippen LogP) is 5.68. The van der Waals surface area contributed by atoms with Crippen LogP contribution in [0.15, 0.2) is 77.0 Å². The highest BCUT2D eigenvalue weighted by molar-refractivity contribution is 6.35. The lowest BCUT2D eigenvalue weighted by molar-refractivity contribution is 0.0944. The summed E-state index contributed by atoms with van der Waals surface area (Å²) in [5.74, 6) is -2.58. The smallest absolute Gasteiger partial charge is 0.275 e. The van der Waals surface area contributed by atoms with Gasteiger partial charge in [-0.15, -0.1) is 0 Å². The monoisotopic (exact) mass is 815 g/mol. The molecule has 2 aliphatic carbocycles. The number of aromatic nitrogens is 7. The zero-order chi connectivity index (χ0) is 41.8. The Hall–Kier alpha value is -6.03. The number of nitrogens with zero attached hydrogens (tertiary/aromatic N) is 7. The van der Waals surface area contributed by atoms with Crippen molar-refractivity contribution in [2.24, 2.45) is 0 Å². The van der Waals surface area contributed by atoms with Gasteiger partial charge in [-0.3, -0.25) is 28.5 Å². The lowest BCUT2D eigenvalue weighted by Gasteiger charge is -2.32. The van der Waals surface area contributed by atoms with E-state index >= 15 is 0 Å². The van der Waals surface area contributed by atoms with Crippen LogP contribution in [0.25, 0.3) is 21.9 Å². The highest BCUT2D eigenvalue weighted by Gasteiger charge is 2.39. The maximum Gasteiger partial charge on any atom is 0.275 e. The molecule has 58 heavy (non-hydrogen) atoms. The Labute approximate surface area is 338 Å². The van der Waals surface area contributed by atoms with E-state index in [1.165, 1.54) is 48.0 Å². The summed E-state index contributed by atoms with van der Waals surface area (Å²) in [6, 6.07) is 10.4. The van der Waals surface area contributed by atoms with Crippen LogP contribution < -0.4 is 21.5 Å². The number of halogens is 2. The first-order valence-corrected chi connectivity index (χ1v) is 19.7. The first-order valence-electron chi connectivity index (χ1n) is 19.3. The van der Waals surface area contributed by atoms with E-state index in [0.29, 0.717) is 18.1 Å². The van der Waals surface area contributed by atoms with E-state index < -0.39 is 34.2 Å². The summed E-state index contributed by atoms with van der Waals surface area (Å²) in [6.07, 6.45) is 15.7. The van der Waals surface area contributed by atoms with Gasteiger partial charge in [0.15, 0.2) is 22.9 Å². The van der Waals surface area contributed by atoms with Crippen LogP contribution in [0.1, 0.15) is 86.2 Å². The van der Waals surface area contributed by atoms with Gasteiger partial charge in [0.05, 0.1) is 41.6 Å². The zero-order valence-corrected chi connectivity index (χ0v) is 33.6. The fourth-order valence-corrected chi connectivity index (χ4v) is 8.52. The summed E-state index contributed by atoms with van der Waals surface area (Å²) in [5.41, 5.74) is -1.25. The third kappa shape index (κ3) is 7.92. The molecule has 2 aliphatic rings. The second-order valence-corrected chi connectivity index (χ2v) is 14.8. The number of amides is 2. The first kappa shape index (κ1) is 41.6. The molecule has 5 heterocycles. The van der Waals surface area contributed by atoms with Crippen molar-refractivity contribution in [1.82, 2.24) is 44.3 Å². The molecule has 306 valence electrons. The van der Waals surface area contributed by atoms with Crippen molar-refractivity contribution in [1.29, 1.82) is 0 Å². The minimum Gasteiger partial charge on any atom is -0.503 e. The van der Waals surface area contributed by atoms with Gasteiger partial charge in [-0.25, -0.2) is 9.37 Å². The lowest BCUT2D eigenvalue weighted by Crippen LogP contribution is -2.37. The van der Waals surface area contributed by atoms with Crippen molar-refractivity contribution in [2.45, 2.75) is 89.4 Å². The number of benzene rings is 1. The Morgan fingerprint density at radius 2 is 1.31 bits per heavy atom. The molecule has 0 bridgehead atoms. The number of nitrogens with one attached hydrogen (secondary N) is 2. The maximum atomic E-state index is 13.6. The molecule has 2 saturated carbocycles. The Morgan fingerprint density at radius 3 is 1.83 bits per heavy atom. The Balaban J connectivity index is 0.000000188. The van der Waals surface area contributed by atoms with Gasteiger partial charge in [0, 0.05) is 49.0 Å². The Bertz CT molecular complexity index is 2580. The fourth-order valence-electron chi connectivity index (χ4n) is 8.27. The molecule has 0 unspecified atom stereocenters. The molecule has 2 amide bonds. The van der Waals surface area contributed by atoms with Crippen LogP contribution in [-0.4, -0.2) is 69.8 Å². The quantitative estimate of drug-likeness (QED) is 0.150. The van der Waals surface area contributed by atoms with Gasteiger partial charge in [-0.1, -0.05) is 51.1 Å². The number of rotatable bonds is 8. The molecule has 8 rings (SSSR count). The van der Waals surface area contributed by atoms with Gasteiger partial charge < -0.3 is 30.0 Å². The van der Waals surface area contributed by atoms with E-state index in [1.807, 2.05) is 44.4 Å². The number of hydrogen-bond donors (Lipinski definition) is 4. The third-order valence-corrected chi connectivity index (χ3v) is 11.3. The van der Waals surface area contributed by atoms with Crippen LogP contribution in [0, 0.1) is 5.82 Å². The van der Waals surface area contributed by atoms with Gasteiger partial charge in [-0.05, 0) is 62.1 Å². The standard InChI is InChI=1S/C20H21FN4O3.C19H20ClN5O3.C2H6/c1-22-19(28)17-18(27)16(26)11-24(23-17)12-20(7-2-3-8-20)25-9-6-13-10-14(21)4-5-15(13)25;1-21-18(28)15-16(27)14(26)10-24(23-15)11-19(6-2-3-7-19)25-9-13(20)12-5-4-8-22-17(12)25;1-2/h4-6,9-11,26H,2-3,7-8,12H2,1H3,(H,22,28);4-5,8-10,26H,2-3,6-7,11H2,1H3,(H,21,28);1-2H3. The first-order chi connectivity index (χ1) is 27.9. The van der Waals surface area contributed by atoms with E-state index in [2.05, 4.69) is 34.9 Å². The highest BCUT2D eigenvalue weighted by atomic mass is 35.5. The average molecular weight is 816 g/mol. The summed E-state index contributed by atoms with van der Waals surface area (Å²) < 4.78 is 20.7. The summed E-state index contributed by atoms with van der Waals surface area (Å²) in [7, 11) is 2.82. The lowest BCUT2D eigenvalue weighted by atomic mass is 9.96. The summed E-state index contributed by atoms with van der Waals surface area (Å²) in [6.45, 7) is 4.76. The predicted molar refractivity (Wildman–Crippen MR) is 218 cm³/mol. The molecule has 0 atom stereocenters. The zero-order valence-electron chi connectivity index (χ0n) is 32.8. The van der Waals surface area contributed by atoms with E-state index in [-0.39, 0.29) is 28.3 Å². The fraction of sp³-hybridized carbons (Fsp3) is 0.390. The summed E-state index contributed by atoms with van der Waals surface area (Å²) >= 11 is 6.44. The summed E-state index contributed by atoms with van der Waals surface area (Å²) in [4.78, 5) is 52.5. The Morgan fingerprint density at radius 1 is 0.793 bits per heavy atom. The van der Waals surface area contributed by atoms with Gasteiger partial charge in [0.2, 0.25) is 0 Å². The van der Waals surface area contributed by atoms with Crippen molar-refractivity contribution < 1.29 is 24.2 Å². The molecule has 1 aromatic carbocycles. The van der Waals surface area contributed by atoms with Gasteiger partial charge in [-0.2, -0.15) is 10.2 Å². The van der Waals surface area contributed by atoms with Crippen molar-refractivity contribution in [3.63, 3.8) is 0 Å². The van der Waals surface area contributed by atoms with Gasteiger partial charge in [0.25, 0.3) is 22.7 Å². The van der Waals surface area contributed by atoms with Crippen molar-refractivity contribution in [3.05, 3.63) is 110 Å². The van der Waals surface area contributed by atoms with Crippen LogP contribution >= 0.6 is 11.6 Å². The SMILES string of the molecule is CC.CNC(=O)c1nn(CC2(n3cc(Cl)c4cccnc43)CCCC2)cc(O)c1=O.CNC(=O)c1nn(CC2(n3ccc4cc(F)ccc43)CCCC2)cc(O)c1=O. The summed E-state index contributed by atoms with van der Waals surface area (Å²) in [5, 5.41) is 35.5. The van der Waals surface area contributed by atoms with E-state index in [1.54, 1.807) is 12.3 Å². The Kier molecular flexibility index (Phi) is 12.4. The molecule has 0 saturated heterocycles. The van der Waals surface area contributed by atoms with E-state index in [4.69, 9.17) is 11.6 Å². The molecule has 0 aliphatic heterocycles. The van der Waals surface area contributed by atoms with E-state index in [0.717, 1.165) is 73.3 Å². The molecular formula is C41H47ClFN9O6. The number of carbonyl (C=O) groups is 2. The third-order valence-electron chi connectivity index (χ3n) is 10.9. The van der Waals surface area contributed by atoms with E-state index in [9.17, 15) is 33.8 Å². The largest absolute Gasteiger partial charge is 0.503 e. The highest BCUT2D eigenvalue weighted by Crippen LogP contribution is 2.42. The van der Waals surface area contributed by atoms with Crippen LogP contribution in [0.3, 0.4) is 0 Å². The number of carbonyl (C=O) groups excluding carboxylic acids is 2. The second kappa shape index (κ2) is 17.2. The molecule has 2 fully saturated rings. The average Bonchev–Trinajstić information content (AvgIpc) is 4.05. The number of aromatic hydroxyl groups is 2. The molecule has 5 aromatic heterocycles. The molecule has 6 aromatic rings. The van der Waals surface area contributed by atoms with Crippen LogP contribution in [0.4, 0.5) is 4.39 Å². The molecule has 15 nitrogen and oxygen atoms in total. The topological polar surface area (TPSA) is 191 Å². The molecule has 0 radical (unpaired) electrons. The van der Waals surface area contributed by atoms with Gasteiger partial charge in [0.1, 0.15) is 11.5 Å². The van der Waals surface area contributed by atoms with Crippen LogP contribution in [0.2, 0.25) is 5.02 Å². The number of fused-ring (bicyclic) bond motifs is 2. The number of hydrogen-bond acceptors (Lipinski definition) is 9. The minimum absolute atomic E-state index is 0.284. The van der Waals surface area contributed by atoms with Crippen LogP contribution in [-0.2, 0) is 24.2 Å². The van der Waals surface area contributed by atoms with Crippen molar-refractivity contribution in [2.75, 3.05) is 14.1 Å². The van der Waals surface area contributed by atoms with Gasteiger partial charge >= 0.3 is 0 Å². The number of pyridine rings is 1. The minimum atomic E-state index is -0.794. The molecule has 0 spiro atoms. The second-order valence-electron chi connectivity index (χ2n) is 14.4. The molecular weight excluding hydrogens is 769 g/mol. The molecule has 4 N–H and O–H groups in total. The van der Waals surface area contributed by atoms with Crippen LogP contribution in [0.5, 0.6) is 11.5 Å². The molecule has 17 heteroatoms. The van der Waals surface area contributed by atoms with Crippen molar-refractivity contribution >= 4 is 45.4 Å². The maximum absolute atomic E-state index is 13.6.